The van der Waals surface area contributed by atoms with Crippen LogP contribution in [0.4, 0.5) is 5.69 Å². The molecule has 0 amide bonds. The third-order valence-electron chi connectivity index (χ3n) is 3.78. The third-order valence-corrected chi connectivity index (χ3v) is 6.11. The molecule has 0 radical (unpaired) electrons. The van der Waals surface area contributed by atoms with E-state index in [1.807, 2.05) is 24.5 Å². The zero-order chi connectivity index (χ0) is 17.7. The fourth-order valence-corrected chi connectivity index (χ4v) is 2.95. The van der Waals surface area contributed by atoms with Crippen LogP contribution < -0.4 is 4.74 Å². The fraction of sp³-hybridized carbons (Fsp3) is 0.316. The molecule has 0 saturated heterocycles. The number of aliphatic imine (C=N–C) groups is 1. The SMILES string of the molecule is CCN(C=Nc1cc(C)c(Oc2ccc(Br)c(I)c2)cc1C)CC. The van der Waals surface area contributed by atoms with Gasteiger partial charge in [0, 0.05) is 21.1 Å². The Balaban J connectivity index is 2.24. The summed E-state index contributed by atoms with van der Waals surface area (Å²) < 4.78 is 8.26. The van der Waals surface area contributed by atoms with Gasteiger partial charge >= 0.3 is 0 Å². The molecule has 0 aliphatic carbocycles. The van der Waals surface area contributed by atoms with Crippen molar-refractivity contribution in [3.05, 3.63) is 49.5 Å². The molecule has 0 spiro atoms. The molecule has 2 aromatic rings. The number of ether oxygens (including phenoxy) is 1. The first-order valence-corrected chi connectivity index (χ1v) is 9.84. The van der Waals surface area contributed by atoms with Crippen LogP contribution in [0.1, 0.15) is 25.0 Å². The average Bonchev–Trinajstić information content (AvgIpc) is 2.56. The van der Waals surface area contributed by atoms with Gasteiger partial charge in [-0.2, -0.15) is 0 Å². The lowest BCUT2D eigenvalue weighted by atomic mass is 10.1. The lowest BCUT2D eigenvalue weighted by Gasteiger charge is -2.15. The highest BCUT2D eigenvalue weighted by molar-refractivity contribution is 14.1. The van der Waals surface area contributed by atoms with Gasteiger partial charge in [-0.1, -0.05) is 0 Å². The summed E-state index contributed by atoms with van der Waals surface area (Å²) in [6.45, 7) is 10.3. The van der Waals surface area contributed by atoms with Gasteiger partial charge in [-0.05, 0) is 108 Å². The highest BCUT2D eigenvalue weighted by Gasteiger charge is 2.08. The summed E-state index contributed by atoms with van der Waals surface area (Å²) >= 11 is 5.80. The normalized spacial score (nSPS) is 11.1. The van der Waals surface area contributed by atoms with E-state index in [-0.39, 0.29) is 0 Å². The second kappa shape index (κ2) is 8.85. The zero-order valence-electron chi connectivity index (χ0n) is 14.4. The molecule has 5 heteroatoms. The molecule has 24 heavy (non-hydrogen) atoms. The molecule has 3 nitrogen and oxygen atoms in total. The number of benzene rings is 2. The second-order valence-corrected chi connectivity index (χ2v) is 7.56. The van der Waals surface area contributed by atoms with Crippen LogP contribution in [0, 0.1) is 17.4 Å². The predicted molar refractivity (Wildman–Crippen MR) is 114 cm³/mol. The minimum atomic E-state index is 0.837. The maximum Gasteiger partial charge on any atom is 0.130 e. The van der Waals surface area contributed by atoms with Crippen molar-refractivity contribution in [1.29, 1.82) is 0 Å². The molecule has 0 N–H and O–H groups in total. The molecule has 0 saturated carbocycles. The minimum absolute atomic E-state index is 0.837. The molecule has 0 aliphatic heterocycles. The van der Waals surface area contributed by atoms with Crippen LogP contribution in [0.15, 0.2) is 39.8 Å². The number of hydrogen-bond acceptors (Lipinski definition) is 2. The van der Waals surface area contributed by atoms with Crippen molar-refractivity contribution in [1.82, 2.24) is 4.90 Å². The van der Waals surface area contributed by atoms with E-state index >= 15 is 0 Å². The Morgan fingerprint density at radius 1 is 1.12 bits per heavy atom. The Labute approximate surface area is 166 Å². The highest BCUT2D eigenvalue weighted by Crippen LogP contribution is 2.33. The van der Waals surface area contributed by atoms with Crippen LogP contribution in [-0.2, 0) is 0 Å². The van der Waals surface area contributed by atoms with Gasteiger partial charge in [0.2, 0.25) is 0 Å². The summed E-state index contributed by atoms with van der Waals surface area (Å²) in [5.41, 5.74) is 3.16. The first kappa shape index (κ1) is 19.2. The molecule has 0 atom stereocenters. The second-order valence-electron chi connectivity index (χ2n) is 5.55. The van der Waals surface area contributed by atoms with Gasteiger partial charge < -0.3 is 9.64 Å². The molecule has 0 fully saturated rings. The quantitative estimate of drug-likeness (QED) is 0.258. The van der Waals surface area contributed by atoms with Crippen molar-refractivity contribution in [3.8, 4) is 11.5 Å². The highest BCUT2D eigenvalue weighted by atomic mass is 127. The zero-order valence-corrected chi connectivity index (χ0v) is 18.2. The average molecular weight is 501 g/mol. The number of aryl methyl sites for hydroxylation is 2. The van der Waals surface area contributed by atoms with Crippen LogP contribution in [0.5, 0.6) is 11.5 Å². The largest absolute Gasteiger partial charge is 0.457 e. The Bertz CT molecular complexity index is 742. The predicted octanol–water partition coefficient (Wildman–Crippen LogP) is 6.46. The van der Waals surface area contributed by atoms with Crippen molar-refractivity contribution in [2.24, 2.45) is 4.99 Å². The van der Waals surface area contributed by atoms with Crippen LogP contribution in [0.2, 0.25) is 0 Å². The van der Waals surface area contributed by atoms with Crippen LogP contribution in [0.25, 0.3) is 0 Å². The van der Waals surface area contributed by atoms with Gasteiger partial charge in [-0.25, -0.2) is 4.99 Å². The molecular weight excluding hydrogens is 479 g/mol. The van der Waals surface area contributed by atoms with Crippen molar-refractivity contribution in [2.45, 2.75) is 27.7 Å². The summed E-state index contributed by atoms with van der Waals surface area (Å²) in [4.78, 5) is 6.79. The summed E-state index contributed by atoms with van der Waals surface area (Å²) in [7, 11) is 0. The molecule has 0 aliphatic rings. The minimum Gasteiger partial charge on any atom is -0.457 e. The van der Waals surface area contributed by atoms with Crippen LogP contribution in [-0.4, -0.2) is 24.3 Å². The molecule has 2 rings (SSSR count). The lowest BCUT2D eigenvalue weighted by Crippen LogP contribution is -2.20. The van der Waals surface area contributed by atoms with E-state index in [0.717, 1.165) is 49.4 Å². The summed E-state index contributed by atoms with van der Waals surface area (Å²) in [6.07, 6.45) is 1.92. The Kier molecular flexibility index (Phi) is 7.10. The summed E-state index contributed by atoms with van der Waals surface area (Å²) in [5.74, 6) is 1.71. The molecule has 0 bridgehead atoms. The van der Waals surface area contributed by atoms with E-state index in [1.165, 1.54) is 0 Å². The Morgan fingerprint density at radius 2 is 1.83 bits per heavy atom. The van der Waals surface area contributed by atoms with Crippen LogP contribution in [0.3, 0.4) is 0 Å². The smallest absolute Gasteiger partial charge is 0.130 e. The van der Waals surface area contributed by atoms with E-state index in [1.54, 1.807) is 0 Å². The van der Waals surface area contributed by atoms with E-state index in [0.29, 0.717) is 0 Å². The third kappa shape index (κ3) is 4.96. The van der Waals surface area contributed by atoms with E-state index in [2.05, 4.69) is 88.2 Å². The molecule has 128 valence electrons. The number of halogens is 2. The first-order valence-electron chi connectivity index (χ1n) is 7.97. The lowest BCUT2D eigenvalue weighted by molar-refractivity contribution is 0.477. The number of rotatable bonds is 6. The summed E-state index contributed by atoms with van der Waals surface area (Å²) in [6, 6.07) is 10.1. The van der Waals surface area contributed by atoms with E-state index in [9.17, 15) is 0 Å². The molecule has 2 aromatic carbocycles. The van der Waals surface area contributed by atoms with Gasteiger partial charge in [0.05, 0.1) is 12.0 Å². The number of nitrogens with zero attached hydrogens (tertiary/aromatic N) is 2. The van der Waals surface area contributed by atoms with Crippen molar-refractivity contribution in [2.75, 3.05) is 13.1 Å². The summed E-state index contributed by atoms with van der Waals surface area (Å²) in [5, 5.41) is 0. The van der Waals surface area contributed by atoms with Crippen molar-refractivity contribution < 1.29 is 4.74 Å². The van der Waals surface area contributed by atoms with Crippen LogP contribution >= 0.6 is 38.5 Å². The maximum atomic E-state index is 6.06. The van der Waals surface area contributed by atoms with Gasteiger partial charge in [0.25, 0.3) is 0 Å². The Hall–Kier alpha value is -1.08. The molecule has 0 unspecified atom stereocenters. The molecule has 0 heterocycles. The van der Waals surface area contributed by atoms with E-state index in [4.69, 9.17) is 4.74 Å². The van der Waals surface area contributed by atoms with Gasteiger partial charge in [-0.3, -0.25) is 0 Å². The van der Waals surface area contributed by atoms with Gasteiger partial charge in [0.1, 0.15) is 11.5 Å². The molecular formula is C19H22BrIN2O. The fourth-order valence-electron chi connectivity index (χ4n) is 2.22. The Morgan fingerprint density at radius 3 is 2.46 bits per heavy atom. The van der Waals surface area contributed by atoms with Gasteiger partial charge in [0.15, 0.2) is 0 Å². The first-order chi connectivity index (χ1) is 11.4. The van der Waals surface area contributed by atoms with Crippen molar-refractivity contribution in [3.63, 3.8) is 0 Å². The number of hydrogen-bond donors (Lipinski definition) is 0. The standard InChI is InChI=1S/C19H22BrIN2O/c1-5-23(6-2)12-22-18-9-14(4)19(10-13(18)3)24-15-7-8-16(20)17(21)11-15/h7-12H,5-6H2,1-4H3. The van der Waals surface area contributed by atoms with E-state index < -0.39 is 0 Å². The van der Waals surface area contributed by atoms with Gasteiger partial charge in [-0.15, -0.1) is 0 Å². The maximum absolute atomic E-state index is 6.06. The molecule has 0 aromatic heterocycles. The van der Waals surface area contributed by atoms with Crippen molar-refractivity contribution >= 4 is 50.5 Å². The topological polar surface area (TPSA) is 24.8 Å². The monoisotopic (exact) mass is 500 g/mol.